The second-order valence-corrected chi connectivity index (χ2v) is 5.66. The third-order valence-electron chi connectivity index (χ3n) is 4.15. The van der Waals surface area contributed by atoms with Crippen molar-refractivity contribution in [2.45, 2.75) is 31.3 Å². The number of carbonyl (C=O) groups is 1. The van der Waals surface area contributed by atoms with Gasteiger partial charge in [-0.15, -0.1) is 0 Å². The fraction of sp³-hybridized carbons (Fsp3) is 0.692. The molecule has 106 valence electrons. The standard InChI is InChI=1S/C13H23N5O/c1-16(2)13(6-4-7-13)10-17(3)12(19)9-18-8-5-11(14)15-18/h5,8H,4,6-7,9-10H2,1-3H3,(H2,14,15). The lowest BCUT2D eigenvalue weighted by Gasteiger charge is -2.49. The molecule has 2 N–H and O–H groups in total. The zero-order valence-electron chi connectivity index (χ0n) is 12.0. The zero-order valence-corrected chi connectivity index (χ0v) is 12.0. The van der Waals surface area contributed by atoms with E-state index < -0.39 is 0 Å². The topological polar surface area (TPSA) is 67.4 Å². The Labute approximate surface area is 114 Å². The molecule has 0 unspecified atom stereocenters. The summed E-state index contributed by atoms with van der Waals surface area (Å²) in [4.78, 5) is 16.2. The summed E-state index contributed by atoms with van der Waals surface area (Å²) in [6.45, 7) is 1.02. The van der Waals surface area contributed by atoms with Crippen LogP contribution in [-0.2, 0) is 11.3 Å². The van der Waals surface area contributed by atoms with E-state index in [0.717, 1.165) is 19.4 Å². The van der Waals surface area contributed by atoms with Gasteiger partial charge in [0.15, 0.2) is 0 Å². The number of amides is 1. The van der Waals surface area contributed by atoms with Gasteiger partial charge in [0.05, 0.1) is 0 Å². The van der Waals surface area contributed by atoms with Crippen LogP contribution >= 0.6 is 0 Å². The molecule has 1 aliphatic rings. The van der Waals surface area contributed by atoms with E-state index in [-0.39, 0.29) is 18.0 Å². The van der Waals surface area contributed by atoms with E-state index in [4.69, 9.17) is 5.73 Å². The normalized spacial score (nSPS) is 17.3. The quantitative estimate of drug-likeness (QED) is 0.837. The highest BCUT2D eigenvalue weighted by atomic mass is 16.2. The molecule has 0 atom stereocenters. The van der Waals surface area contributed by atoms with Gasteiger partial charge < -0.3 is 15.5 Å². The van der Waals surface area contributed by atoms with Crippen molar-refractivity contribution in [1.29, 1.82) is 0 Å². The molecule has 1 heterocycles. The maximum atomic E-state index is 12.2. The van der Waals surface area contributed by atoms with E-state index in [1.54, 1.807) is 21.8 Å². The Hall–Kier alpha value is -1.56. The average molecular weight is 265 g/mol. The highest BCUT2D eigenvalue weighted by Crippen LogP contribution is 2.36. The van der Waals surface area contributed by atoms with Gasteiger partial charge in [-0.3, -0.25) is 9.48 Å². The summed E-state index contributed by atoms with van der Waals surface area (Å²) in [6.07, 6.45) is 5.29. The summed E-state index contributed by atoms with van der Waals surface area (Å²) in [5.41, 5.74) is 5.70. The Kier molecular flexibility index (Phi) is 3.80. The Balaban J connectivity index is 1.92. The smallest absolute Gasteiger partial charge is 0.244 e. The molecular formula is C13H23N5O. The van der Waals surface area contributed by atoms with Gasteiger partial charge in [-0.2, -0.15) is 5.10 Å². The average Bonchev–Trinajstić information content (AvgIpc) is 2.68. The van der Waals surface area contributed by atoms with Crippen molar-refractivity contribution in [2.75, 3.05) is 33.4 Å². The third kappa shape index (κ3) is 2.89. The van der Waals surface area contributed by atoms with Gasteiger partial charge in [-0.1, -0.05) is 0 Å². The first-order valence-electron chi connectivity index (χ1n) is 6.63. The van der Waals surface area contributed by atoms with Gasteiger partial charge in [0.1, 0.15) is 12.4 Å². The maximum absolute atomic E-state index is 12.2. The molecule has 1 saturated carbocycles. The lowest BCUT2D eigenvalue weighted by Crippen LogP contribution is -2.57. The van der Waals surface area contributed by atoms with Crippen molar-refractivity contribution < 1.29 is 4.79 Å². The van der Waals surface area contributed by atoms with E-state index in [1.807, 2.05) is 7.05 Å². The Morgan fingerprint density at radius 2 is 2.16 bits per heavy atom. The number of nitrogen functional groups attached to an aromatic ring is 1. The van der Waals surface area contributed by atoms with Crippen molar-refractivity contribution in [3.63, 3.8) is 0 Å². The lowest BCUT2D eigenvalue weighted by atomic mass is 9.75. The number of hydrogen-bond acceptors (Lipinski definition) is 4. The van der Waals surface area contributed by atoms with Crippen LogP contribution in [-0.4, -0.2) is 58.7 Å². The molecule has 0 saturated heterocycles. The number of rotatable bonds is 5. The highest BCUT2D eigenvalue weighted by Gasteiger charge is 2.40. The first-order valence-corrected chi connectivity index (χ1v) is 6.63. The van der Waals surface area contributed by atoms with Crippen LogP contribution < -0.4 is 5.73 Å². The molecule has 0 bridgehead atoms. The van der Waals surface area contributed by atoms with Crippen LogP contribution in [0.1, 0.15) is 19.3 Å². The first kappa shape index (κ1) is 13.9. The number of nitrogens with two attached hydrogens (primary N) is 1. The predicted octanol–water partition coefficient (Wildman–Crippen LogP) is 0.408. The summed E-state index contributed by atoms with van der Waals surface area (Å²) in [5.74, 6) is 0.510. The van der Waals surface area contributed by atoms with E-state index >= 15 is 0 Å². The second kappa shape index (κ2) is 5.21. The van der Waals surface area contributed by atoms with Gasteiger partial charge in [0, 0.05) is 25.3 Å². The highest BCUT2D eigenvalue weighted by molar-refractivity contribution is 5.75. The molecule has 2 rings (SSSR count). The van der Waals surface area contributed by atoms with E-state index in [9.17, 15) is 4.79 Å². The number of anilines is 1. The zero-order chi connectivity index (χ0) is 14.0. The number of nitrogens with zero attached hydrogens (tertiary/aromatic N) is 4. The second-order valence-electron chi connectivity index (χ2n) is 5.66. The Morgan fingerprint density at radius 1 is 1.47 bits per heavy atom. The van der Waals surface area contributed by atoms with Gasteiger partial charge >= 0.3 is 0 Å². The lowest BCUT2D eigenvalue weighted by molar-refractivity contribution is -0.133. The molecule has 0 radical (unpaired) electrons. The molecule has 6 heteroatoms. The number of aromatic nitrogens is 2. The molecule has 0 aromatic carbocycles. The van der Waals surface area contributed by atoms with Gasteiger partial charge in [0.2, 0.25) is 5.91 Å². The number of carbonyl (C=O) groups excluding carboxylic acids is 1. The number of likely N-dealkylation sites (N-methyl/N-ethyl adjacent to an activating group) is 2. The van der Waals surface area contributed by atoms with Crippen molar-refractivity contribution in [2.24, 2.45) is 0 Å². The van der Waals surface area contributed by atoms with Crippen molar-refractivity contribution in [3.8, 4) is 0 Å². The van der Waals surface area contributed by atoms with Crippen LogP contribution in [0.25, 0.3) is 0 Å². The van der Waals surface area contributed by atoms with Crippen LogP contribution in [0, 0.1) is 0 Å². The van der Waals surface area contributed by atoms with Crippen molar-refractivity contribution in [1.82, 2.24) is 19.6 Å². The first-order chi connectivity index (χ1) is 8.93. The molecule has 6 nitrogen and oxygen atoms in total. The molecule has 1 amide bonds. The molecule has 1 aromatic heterocycles. The summed E-state index contributed by atoms with van der Waals surface area (Å²) in [7, 11) is 6.04. The SMILES string of the molecule is CN(CC1(N(C)C)CCC1)C(=O)Cn1ccc(N)n1. The van der Waals surface area contributed by atoms with Crippen LogP contribution in [0.4, 0.5) is 5.82 Å². The van der Waals surface area contributed by atoms with Gasteiger partial charge in [-0.25, -0.2) is 0 Å². The van der Waals surface area contributed by atoms with Gasteiger partial charge in [0.25, 0.3) is 0 Å². The molecule has 1 aromatic rings. The Morgan fingerprint density at radius 3 is 2.58 bits per heavy atom. The minimum absolute atomic E-state index is 0.0659. The minimum Gasteiger partial charge on any atom is -0.382 e. The summed E-state index contributed by atoms with van der Waals surface area (Å²) < 4.78 is 1.58. The number of hydrogen-bond donors (Lipinski definition) is 1. The van der Waals surface area contributed by atoms with Crippen LogP contribution in [0.5, 0.6) is 0 Å². The predicted molar refractivity (Wildman–Crippen MR) is 74.5 cm³/mol. The minimum atomic E-state index is 0.0659. The van der Waals surface area contributed by atoms with Gasteiger partial charge in [-0.05, 0) is 39.4 Å². The van der Waals surface area contributed by atoms with E-state index in [0.29, 0.717) is 5.82 Å². The molecule has 1 fully saturated rings. The van der Waals surface area contributed by atoms with Crippen LogP contribution in [0.3, 0.4) is 0 Å². The molecule has 0 aliphatic heterocycles. The van der Waals surface area contributed by atoms with E-state index in [1.165, 1.54) is 6.42 Å². The third-order valence-corrected chi connectivity index (χ3v) is 4.15. The van der Waals surface area contributed by atoms with E-state index in [2.05, 4.69) is 24.1 Å². The molecule has 0 spiro atoms. The van der Waals surface area contributed by atoms with Crippen LogP contribution in [0.2, 0.25) is 0 Å². The van der Waals surface area contributed by atoms with Crippen molar-refractivity contribution in [3.05, 3.63) is 12.3 Å². The van der Waals surface area contributed by atoms with Crippen molar-refractivity contribution >= 4 is 11.7 Å². The summed E-state index contributed by atoms with van der Waals surface area (Å²) >= 11 is 0. The molecular weight excluding hydrogens is 242 g/mol. The fourth-order valence-electron chi connectivity index (χ4n) is 2.59. The summed E-state index contributed by atoms with van der Waals surface area (Å²) in [5, 5.41) is 4.04. The summed E-state index contributed by atoms with van der Waals surface area (Å²) in [6, 6.07) is 1.69. The molecule has 1 aliphatic carbocycles. The fourth-order valence-corrected chi connectivity index (χ4v) is 2.59. The Bertz CT molecular complexity index is 450. The monoisotopic (exact) mass is 265 g/mol. The largest absolute Gasteiger partial charge is 0.382 e. The maximum Gasteiger partial charge on any atom is 0.244 e. The van der Waals surface area contributed by atoms with Crippen LogP contribution in [0.15, 0.2) is 12.3 Å². The molecule has 19 heavy (non-hydrogen) atoms.